The summed E-state index contributed by atoms with van der Waals surface area (Å²) in [5.41, 5.74) is -0.191. The summed E-state index contributed by atoms with van der Waals surface area (Å²) in [7, 11) is 1.75. The zero-order valence-electron chi connectivity index (χ0n) is 9.29. The van der Waals surface area contributed by atoms with Crippen LogP contribution in [0.15, 0.2) is 0 Å². The van der Waals surface area contributed by atoms with E-state index < -0.39 is 0 Å². The fraction of sp³-hybridized carbons (Fsp3) is 0.900. The highest BCUT2D eigenvalue weighted by Crippen LogP contribution is 2.40. The lowest BCUT2D eigenvalue weighted by Gasteiger charge is -2.49. The first-order valence-electron chi connectivity index (χ1n) is 5.05. The third-order valence-electron chi connectivity index (χ3n) is 3.36. The summed E-state index contributed by atoms with van der Waals surface area (Å²) >= 11 is 0. The van der Waals surface area contributed by atoms with E-state index in [0.29, 0.717) is 6.42 Å². The van der Waals surface area contributed by atoms with Crippen molar-refractivity contribution in [2.75, 3.05) is 7.05 Å². The van der Waals surface area contributed by atoms with Crippen molar-refractivity contribution in [3.05, 3.63) is 0 Å². The number of aliphatic hydroxyl groups excluding tert-OH is 1. The van der Waals surface area contributed by atoms with Crippen molar-refractivity contribution >= 4 is 5.91 Å². The van der Waals surface area contributed by atoms with Crippen molar-refractivity contribution in [2.24, 2.45) is 5.41 Å². The van der Waals surface area contributed by atoms with Crippen LogP contribution in [0.4, 0.5) is 0 Å². The van der Waals surface area contributed by atoms with Gasteiger partial charge in [-0.25, -0.2) is 0 Å². The minimum Gasteiger partial charge on any atom is -0.392 e. The fourth-order valence-electron chi connectivity index (χ4n) is 1.58. The highest BCUT2D eigenvalue weighted by Gasteiger charge is 2.48. The van der Waals surface area contributed by atoms with Crippen LogP contribution in [0.1, 0.15) is 27.2 Å². The van der Waals surface area contributed by atoms with Gasteiger partial charge >= 0.3 is 0 Å². The zero-order chi connectivity index (χ0) is 10.9. The van der Waals surface area contributed by atoms with E-state index in [1.54, 1.807) is 7.05 Å². The fourth-order valence-corrected chi connectivity index (χ4v) is 1.58. The SMILES string of the molecule is CNC(C)C(=O)NC1CC(O)C1(C)C. The van der Waals surface area contributed by atoms with Gasteiger partial charge in [0.05, 0.1) is 12.1 Å². The number of nitrogens with one attached hydrogen (secondary N) is 2. The summed E-state index contributed by atoms with van der Waals surface area (Å²) in [4.78, 5) is 11.5. The average molecular weight is 200 g/mol. The van der Waals surface area contributed by atoms with Gasteiger partial charge in [-0.1, -0.05) is 13.8 Å². The second-order valence-electron chi connectivity index (χ2n) is 4.64. The molecular formula is C10H20N2O2. The largest absolute Gasteiger partial charge is 0.392 e. The molecule has 82 valence electrons. The average Bonchev–Trinajstić information content (AvgIpc) is 2.16. The van der Waals surface area contributed by atoms with Gasteiger partial charge in [0.1, 0.15) is 0 Å². The molecule has 0 aromatic heterocycles. The normalized spacial score (nSPS) is 31.8. The molecule has 1 aliphatic carbocycles. The molecule has 1 saturated carbocycles. The number of hydrogen-bond acceptors (Lipinski definition) is 3. The van der Waals surface area contributed by atoms with Crippen LogP contribution < -0.4 is 10.6 Å². The maximum atomic E-state index is 11.5. The Balaban J connectivity index is 2.44. The van der Waals surface area contributed by atoms with Gasteiger partial charge in [0.15, 0.2) is 0 Å². The second-order valence-corrected chi connectivity index (χ2v) is 4.64. The molecule has 0 heterocycles. The summed E-state index contributed by atoms with van der Waals surface area (Å²) in [5, 5.41) is 15.3. The lowest BCUT2D eigenvalue weighted by atomic mass is 9.64. The van der Waals surface area contributed by atoms with Crippen molar-refractivity contribution in [3.63, 3.8) is 0 Å². The Labute approximate surface area is 85.1 Å². The number of hydrogen-bond donors (Lipinski definition) is 3. The lowest BCUT2D eigenvalue weighted by molar-refractivity contribution is -0.130. The Morgan fingerprint density at radius 1 is 1.57 bits per heavy atom. The van der Waals surface area contributed by atoms with Crippen LogP contribution in [0.25, 0.3) is 0 Å². The molecular weight excluding hydrogens is 180 g/mol. The minimum atomic E-state index is -0.294. The van der Waals surface area contributed by atoms with Crippen LogP contribution >= 0.6 is 0 Å². The predicted octanol–water partition coefficient (Wildman–Crippen LogP) is -0.130. The maximum absolute atomic E-state index is 11.5. The number of aliphatic hydroxyl groups is 1. The first kappa shape index (κ1) is 11.5. The van der Waals surface area contributed by atoms with Gasteiger partial charge in [-0.3, -0.25) is 4.79 Å². The Morgan fingerprint density at radius 3 is 2.50 bits per heavy atom. The van der Waals surface area contributed by atoms with Crippen molar-refractivity contribution in [1.82, 2.24) is 10.6 Å². The molecule has 0 aliphatic heterocycles. The van der Waals surface area contributed by atoms with E-state index in [0.717, 1.165) is 0 Å². The molecule has 1 fully saturated rings. The molecule has 1 amide bonds. The van der Waals surface area contributed by atoms with Gasteiger partial charge in [0.25, 0.3) is 0 Å². The van der Waals surface area contributed by atoms with Crippen molar-refractivity contribution in [2.45, 2.75) is 45.4 Å². The summed E-state index contributed by atoms with van der Waals surface area (Å²) in [6.07, 6.45) is 0.368. The van der Waals surface area contributed by atoms with Gasteiger partial charge in [-0.05, 0) is 20.4 Å². The topological polar surface area (TPSA) is 61.4 Å². The molecule has 0 aromatic carbocycles. The summed E-state index contributed by atoms with van der Waals surface area (Å²) in [5.74, 6) is -0.00234. The van der Waals surface area contributed by atoms with E-state index in [-0.39, 0.29) is 29.5 Å². The minimum absolute atomic E-state index is 0.00234. The molecule has 3 atom stereocenters. The van der Waals surface area contributed by atoms with Crippen LogP contribution in [-0.4, -0.2) is 36.2 Å². The molecule has 0 bridgehead atoms. The van der Waals surface area contributed by atoms with Crippen LogP contribution in [0.3, 0.4) is 0 Å². The summed E-state index contributed by atoms with van der Waals surface area (Å²) in [6.45, 7) is 5.75. The van der Waals surface area contributed by atoms with Gasteiger partial charge in [-0.15, -0.1) is 0 Å². The molecule has 4 nitrogen and oxygen atoms in total. The molecule has 0 spiro atoms. The van der Waals surface area contributed by atoms with Gasteiger partial charge in [-0.2, -0.15) is 0 Å². The third-order valence-corrected chi connectivity index (χ3v) is 3.36. The quantitative estimate of drug-likeness (QED) is 0.595. The summed E-state index contributed by atoms with van der Waals surface area (Å²) in [6, 6.07) is -0.0793. The molecule has 3 N–H and O–H groups in total. The second kappa shape index (κ2) is 3.87. The molecule has 0 aromatic rings. The summed E-state index contributed by atoms with van der Waals surface area (Å²) < 4.78 is 0. The number of likely N-dealkylation sites (N-methyl/N-ethyl adjacent to an activating group) is 1. The van der Waals surface area contributed by atoms with Crippen molar-refractivity contribution in [3.8, 4) is 0 Å². The van der Waals surface area contributed by atoms with E-state index in [1.807, 2.05) is 20.8 Å². The molecule has 14 heavy (non-hydrogen) atoms. The lowest BCUT2D eigenvalue weighted by Crippen LogP contribution is -2.62. The van der Waals surface area contributed by atoms with Gasteiger partial charge < -0.3 is 15.7 Å². The van der Waals surface area contributed by atoms with Crippen LogP contribution in [0, 0.1) is 5.41 Å². The number of amides is 1. The van der Waals surface area contributed by atoms with Crippen LogP contribution in [0.2, 0.25) is 0 Å². The first-order chi connectivity index (χ1) is 6.39. The Hall–Kier alpha value is -0.610. The van der Waals surface area contributed by atoms with Gasteiger partial charge in [0, 0.05) is 11.5 Å². The van der Waals surface area contributed by atoms with Gasteiger partial charge in [0.2, 0.25) is 5.91 Å². The highest BCUT2D eigenvalue weighted by molar-refractivity contribution is 5.81. The maximum Gasteiger partial charge on any atom is 0.237 e. The number of rotatable bonds is 3. The Kier molecular flexibility index (Phi) is 3.17. The molecule has 4 heteroatoms. The predicted molar refractivity (Wildman–Crippen MR) is 54.9 cm³/mol. The smallest absolute Gasteiger partial charge is 0.237 e. The molecule has 3 unspecified atom stereocenters. The Bertz CT molecular complexity index is 228. The monoisotopic (exact) mass is 200 g/mol. The van der Waals surface area contributed by atoms with Crippen LogP contribution in [-0.2, 0) is 4.79 Å². The van der Waals surface area contributed by atoms with E-state index in [1.165, 1.54) is 0 Å². The van der Waals surface area contributed by atoms with Crippen molar-refractivity contribution < 1.29 is 9.90 Å². The molecule has 0 saturated heterocycles. The van der Waals surface area contributed by atoms with E-state index >= 15 is 0 Å². The third kappa shape index (κ3) is 1.91. The first-order valence-corrected chi connectivity index (χ1v) is 5.05. The molecule has 0 radical (unpaired) electrons. The Morgan fingerprint density at radius 2 is 2.14 bits per heavy atom. The van der Waals surface area contributed by atoms with Crippen LogP contribution in [0.5, 0.6) is 0 Å². The molecule has 1 rings (SSSR count). The zero-order valence-corrected chi connectivity index (χ0v) is 9.29. The van der Waals surface area contributed by atoms with E-state index in [9.17, 15) is 9.90 Å². The number of carbonyl (C=O) groups is 1. The van der Waals surface area contributed by atoms with Crippen molar-refractivity contribution in [1.29, 1.82) is 0 Å². The standard InChI is InChI=1S/C10H20N2O2/c1-6(11-4)9(14)12-7-5-8(13)10(7,2)3/h6-8,11,13H,5H2,1-4H3,(H,12,14). The molecule has 1 aliphatic rings. The number of carbonyl (C=O) groups excluding carboxylic acids is 1. The van der Waals surface area contributed by atoms with E-state index in [2.05, 4.69) is 10.6 Å². The van der Waals surface area contributed by atoms with E-state index in [4.69, 9.17) is 0 Å². The highest BCUT2D eigenvalue weighted by atomic mass is 16.3.